The number of ether oxygens (including phenoxy) is 1. The highest BCUT2D eigenvalue weighted by molar-refractivity contribution is 5.35. The Kier molecular flexibility index (Phi) is 4.09. The lowest BCUT2D eigenvalue weighted by Gasteiger charge is -2.42. The van der Waals surface area contributed by atoms with Crippen molar-refractivity contribution in [3.63, 3.8) is 0 Å². The Hall–Kier alpha value is -1.64. The van der Waals surface area contributed by atoms with Gasteiger partial charge in [0.1, 0.15) is 0 Å². The molecule has 0 saturated carbocycles. The number of methoxy groups -OCH3 is 1. The quantitative estimate of drug-likeness (QED) is 0.820. The molecule has 3 rings (SSSR count). The van der Waals surface area contributed by atoms with Crippen molar-refractivity contribution < 1.29 is 4.74 Å². The van der Waals surface area contributed by atoms with Crippen molar-refractivity contribution in [2.75, 3.05) is 13.7 Å². The normalized spacial score (nSPS) is 23.6. The van der Waals surface area contributed by atoms with Crippen LogP contribution in [0, 0.1) is 0 Å². The molecule has 0 bridgehead atoms. The lowest BCUT2D eigenvalue weighted by Crippen LogP contribution is -2.38. The maximum atomic E-state index is 5.74. The van der Waals surface area contributed by atoms with E-state index < -0.39 is 0 Å². The fourth-order valence-electron chi connectivity index (χ4n) is 3.43. The van der Waals surface area contributed by atoms with E-state index in [1.807, 2.05) is 7.11 Å². The highest BCUT2D eigenvalue weighted by atomic mass is 16.5. The summed E-state index contributed by atoms with van der Waals surface area (Å²) in [5.41, 5.74) is 4.08. The van der Waals surface area contributed by atoms with E-state index >= 15 is 0 Å². The van der Waals surface area contributed by atoms with Crippen molar-refractivity contribution in [1.29, 1.82) is 0 Å². The number of hydrogen-bond acceptors (Lipinski definition) is 2. The summed E-state index contributed by atoms with van der Waals surface area (Å²) in [4.78, 5) is 2.53. The van der Waals surface area contributed by atoms with Crippen LogP contribution in [0.3, 0.4) is 0 Å². The van der Waals surface area contributed by atoms with E-state index in [1.54, 1.807) is 0 Å². The Morgan fingerprint density at radius 1 is 1.00 bits per heavy atom. The molecular weight excluding hydrogens is 258 g/mol. The van der Waals surface area contributed by atoms with Gasteiger partial charge in [0.25, 0.3) is 0 Å². The van der Waals surface area contributed by atoms with Crippen molar-refractivity contribution in [1.82, 2.24) is 4.90 Å². The second kappa shape index (κ2) is 6.00. The van der Waals surface area contributed by atoms with E-state index in [4.69, 9.17) is 4.74 Å². The maximum Gasteiger partial charge on any atom is 0.0951 e. The van der Waals surface area contributed by atoms with Crippen LogP contribution in [0.1, 0.15) is 48.7 Å². The van der Waals surface area contributed by atoms with E-state index in [1.165, 1.54) is 16.7 Å². The average molecular weight is 281 g/mol. The van der Waals surface area contributed by atoms with Gasteiger partial charge in [-0.2, -0.15) is 0 Å². The van der Waals surface area contributed by atoms with Crippen molar-refractivity contribution >= 4 is 0 Å². The highest BCUT2D eigenvalue weighted by Crippen LogP contribution is 2.40. The third-order valence-electron chi connectivity index (χ3n) is 4.73. The Bertz CT molecular complexity index is 596. The molecule has 2 aromatic rings. The van der Waals surface area contributed by atoms with Gasteiger partial charge in [0.05, 0.1) is 6.10 Å². The van der Waals surface area contributed by atoms with Crippen molar-refractivity contribution in [3.05, 3.63) is 71.3 Å². The number of nitrogens with zero attached hydrogens (tertiary/aromatic N) is 1. The van der Waals surface area contributed by atoms with E-state index in [0.29, 0.717) is 12.1 Å². The van der Waals surface area contributed by atoms with Gasteiger partial charge in [0.15, 0.2) is 0 Å². The molecule has 1 unspecified atom stereocenters. The van der Waals surface area contributed by atoms with Gasteiger partial charge in [-0.25, -0.2) is 0 Å². The first-order valence-corrected chi connectivity index (χ1v) is 7.64. The van der Waals surface area contributed by atoms with Gasteiger partial charge < -0.3 is 4.74 Å². The Balaban J connectivity index is 1.95. The average Bonchev–Trinajstić information content (AvgIpc) is 2.56. The summed E-state index contributed by atoms with van der Waals surface area (Å²) in [6.07, 6.45) is 0.156. The van der Waals surface area contributed by atoms with Crippen LogP contribution >= 0.6 is 0 Å². The molecule has 0 saturated heterocycles. The molecule has 110 valence electrons. The molecule has 1 aliphatic heterocycles. The summed E-state index contributed by atoms with van der Waals surface area (Å²) in [7, 11) is 1.81. The molecule has 2 aromatic carbocycles. The smallest absolute Gasteiger partial charge is 0.0951 e. The molecule has 2 nitrogen and oxygen atoms in total. The van der Waals surface area contributed by atoms with Crippen molar-refractivity contribution in [3.8, 4) is 0 Å². The van der Waals surface area contributed by atoms with Crippen LogP contribution < -0.4 is 0 Å². The van der Waals surface area contributed by atoms with Crippen LogP contribution in [0.25, 0.3) is 0 Å². The monoisotopic (exact) mass is 281 g/mol. The van der Waals surface area contributed by atoms with Gasteiger partial charge in [-0.15, -0.1) is 0 Å². The third-order valence-corrected chi connectivity index (χ3v) is 4.73. The molecule has 1 heterocycles. The van der Waals surface area contributed by atoms with E-state index in [9.17, 15) is 0 Å². The molecule has 2 heteroatoms. The lowest BCUT2D eigenvalue weighted by molar-refractivity contribution is 0.0165. The summed E-state index contributed by atoms with van der Waals surface area (Å²) in [6, 6.07) is 20.2. The molecule has 0 aromatic heterocycles. The molecule has 0 aliphatic carbocycles. The fourth-order valence-corrected chi connectivity index (χ4v) is 3.43. The minimum absolute atomic E-state index is 0.156. The van der Waals surface area contributed by atoms with Crippen LogP contribution in [0.15, 0.2) is 54.6 Å². The molecule has 3 atom stereocenters. The van der Waals surface area contributed by atoms with Gasteiger partial charge in [0.2, 0.25) is 0 Å². The molecule has 21 heavy (non-hydrogen) atoms. The number of rotatable bonds is 3. The van der Waals surface area contributed by atoms with E-state index in [2.05, 4.69) is 73.3 Å². The predicted molar refractivity (Wildman–Crippen MR) is 86.2 cm³/mol. The topological polar surface area (TPSA) is 12.5 Å². The molecule has 0 amide bonds. The van der Waals surface area contributed by atoms with E-state index in [0.717, 1.165) is 6.54 Å². The highest BCUT2D eigenvalue weighted by Gasteiger charge is 2.33. The van der Waals surface area contributed by atoms with Gasteiger partial charge >= 0.3 is 0 Å². The summed E-state index contributed by atoms with van der Waals surface area (Å²) >= 11 is 0. The minimum atomic E-state index is 0.156. The first-order chi connectivity index (χ1) is 10.2. The van der Waals surface area contributed by atoms with Crippen LogP contribution in [0.4, 0.5) is 0 Å². The molecule has 0 spiro atoms. The Labute approximate surface area is 127 Å². The van der Waals surface area contributed by atoms with Crippen molar-refractivity contribution in [2.45, 2.75) is 32.0 Å². The van der Waals surface area contributed by atoms with Crippen LogP contribution in [0.2, 0.25) is 0 Å². The fraction of sp³-hybridized carbons (Fsp3) is 0.368. The number of fused-ring (bicyclic) bond motifs is 1. The maximum absolute atomic E-state index is 5.74. The SMILES string of the molecule is COC1CN([C@H](C)c2ccccc2)[C@H](C)c2ccccc21. The summed E-state index contributed by atoms with van der Waals surface area (Å²) in [5, 5.41) is 0. The molecular formula is C19H23NO. The lowest BCUT2D eigenvalue weighted by atomic mass is 9.89. The summed E-state index contributed by atoms with van der Waals surface area (Å²) in [6.45, 7) is 5.52. The minimum Gasteiger partial charge on any atom is -0.375 e. The summed E-state index contributed by atoms with van der Waals surface area (Å²) < 4.78 is 5.74. The first-order valence-electron chi connectivity index (χ1n) is 7.64. The van der Waals surface area contributed by atoms with Gasteiger partial charge in [-0.3, -0.25) is 4.90 Å². The van der Waals surface area contributed by atoms with Crippen LogP contribution in [-0.2, 0) is 4.74 Å². The molecule has 0 N–H and O–H groups in total. The molecule has 1 aliphatic rings. The largest absolute Gasteiger partial charge is 0.375 e. The Morgan fingerprint density at radius 3 is 2.29 bits per heavy atom. The van der Waals surface area contributed by atoms with Gasteiger partial charge in [-0.1, -0.05) is 54.6 Å². The zero-order valence-electron chi connectivity index (χ0n) is 13.0. The standard InChI is InChI=1S/C19H23NO/c1-14(16-9-5-4-6-10-16)20-13-19(21-3)18-12-8-7-11-17(18)15(20)2/h4-12,14-15,19H,13H2,1-3H3/t14-,15-,19?/m1/s1. The van der Waals surface area contributed by atoms with Crippen LogP contribution in [0.5, 0.6) is 0 Å². The van der Waals surface area contributed by atoms with Gasteiger partial charge in [0, 0.05) is 25.7 Å². The van der Waals surface area contributed by atoms with Crippen molar-refractivity contribution in [2.24, 2.45) is 0 Å². The predicted octanol–water partition coefficient (Wildman–Crippen LogP) is 4.51. The second-order valence-corrected chi connectivity index (χ2v) is 5.81. The van der Waals surface area contributed by atoms with E-state index in [-0.39, 0.29) is 6.10 Å². The second-order valence-electron chi connectivity index (χ2n) is 5.81. The van der Waals surface area contributed by atoms with Gasteiger partial charge in [-0.05, 0) is 30.5 Å². The zero-order valence-corrected chi connectivity index (χ0v) is 13.0. The summed E-state index contributed by atoms with van der Waals surface area (Å²) in [5.74, 6) is 0. The molecule has 0 radical (unpaired) electrons. The number of hydrogen-bond donors (Lipinski definition) is 0. The number of benzene rings is 2. The zero-order chi connectivity index (χ0) is 14.8. The Morgan fingerprint density at radius 2 is 1.62 bits per heavy atom. The third kappa shape index (κ3) is 2.61. The van der Waals surface area contributed by atoms with Crippen LogP contribution in [-0.4, -0.2) is 18.6 Å². The molecule has 0 fully saturated rings. The first kappa shape index (κ1) is 14.3.